The molecule has 2 fully saturated rings. The average molecular weight is 601 g/mol. The third-order valence-electron chi connectivity index (χ3n) is 9.29. The molecule has 0 saturated carbocycles. The predicted molar refractivity (Wildman–Crippen MR) is 172 cm³/mol. The SMILES string of the molecule is C=CCn1c(=O)c2cnc(Nc3ccc(N4CCC5(CCNCC5)C(CCF)C4)cc3)nc2n1-c1cccc(C(C)(C)O)n1. The molecule has 0 amide bonds. The standard InChI is InChI=1S/C33H41FN8O2/c1-4-19-41-30(43)26-21-36-31(39-29(26)42(41)28-7-5-6-27(38-28)32(2,3)44)37-24-8-10-25(11-9-24)40-20-15-33(13-17-35-18-14-33)23(22-40)12-16-34/h4-11,21,23,35,44H,1,12-20,22H2,2-3H3,(H,36,37,39). The quantitative estimate of drug-likeness (QED) is 0.237. The number of rotatable bonds is 9. The Balaban J connectivity index is 1.26. The topological polar surface area (TPSA) is 113 Å². The molecule has 1 spiro atoms. The number of halogens is 1. The van der Waals surface area contributed by atoms with E-state index in [1.165, 1.54) is 10.9 Å². The van der Waals surface area contributed by atoms with Crippen LogP contribution < -0.4 is 21.1 Å². The second kappa shape index (κ2) is 12.1. The monoisotopic (exact) mass is 600 g/mol. The van der Waals surface area contributed by atoms with E-state index in [4.69, 9.17) is 4.98 Å². The maximum Gasteiger partial charge on any atom is 0.278 e. The molecule has 3 aromatic heterocycles. The molecule has 0 aliphatic carbocycles. The number of aliphatic hydroxyl groups is 1. The highest BCUT2D eigenvalue weighted by Crippen LogP contribution is 2.46. The minimum Gasteiger partial charge on any atom is -0.384 e. The van der Waals surface area contributed by atoms with Crippen molar-refractivity contribution in [3.63, 3.8) is 0 Å². The van der Waals surface area contributed by atoms with Crippen molar-refractivity contribution in [2.45, 2.75) is 51.7 Å². The maximum atomic E-state index is 13.6. The van der Waals surface area contributed by atoms with E-state index in [-0.39, 0.29) is 24.2 Å². The third kappa shape index (κ3) is 5.73. The van der Waals surface area contributed by atoms with Crippen LogP contribution in [0, 0.1) is 11.3 Å². The van der Waals surface area contributed by atoms with E-state index in [9.17, 15) is 14.3 Å². The van der Waals surface area contributed by atoms with Gasteiger partial charge >= 0.3 is 0 Å². The minimum absolute atomic E-state index is 0.245. The molecule has 3 N–H and O–H groups in total. The number of nitrogens with zero attached hydrogens (tertiary/aromatic N) is 6. The fraction of sp³-hybridized carbons (Fsp3) is 0.455. The first-order valence-corrected chi connectivity index (χ1v) is 15.4. The summed E-state index contributed by atoms with van der Waals surface area (Å²) in [5.41, 5.74) is 1.62. The highest BCUT2D eigenvalue weighted by Gasteiger charge is 2.43. The zero-order valence-corrected chi connectivity index (χ0v) is 25.5. The maximum absolute atomic E-state index is 13.6. The highest BCUT2D eigenvalue weighted by molar-refractivity contribution is 5.77. The van der Waals surface area contributed by atoms with Gasteiger partial charge in [-0.25, -0.2) is 19.3 Å². The molecule has 0 bridgehead atoms. The first kappa shape index (κ1) is 30.0. The molecule has 2 aliphatic heterocycles. The number of hydrogen-bond donors (Lipinski definition) is 3. The van der Waals surface area contributed by atoms with E-state index in [1.54, 1.807) is 42.8 Å². The van der Waals surface area contributed by atoms with Crippen LogP contribution in [0.25, 0.3) is 16.9 Å². The van der Waals surface area contributed by atoms with Gasteiger partial charge in [0.1, 0.15) is 11.0 Å². The van der Waals surface area contributed by atoms with E-state index in [0.29, 0.717) is 40.8 Å². The molecule has 1 aromatic carbocycles. The first-order valence-electron chi connectivity index (χ1n) is 15.4. The lowest BCUT2D eigenvalue weighted by Gasteiger charge is -2.51. The summed E-state index contributed by atoms with van der Waals surface area (Å²) < 4.78 is 16.7. The van der Waals surface area contributed by atoms with Crippen molar-refractivity contribution in [2.24, 2.45) is 11.3 Å². The van der Waals surface area contributed by atoms with Gasteiger partial charge in [-0.3, -0.25) is 9.18 Å². The lowest BCUT2D eigenvalue weighted by Crippen LogP contribution is -2.52. The van der Waals surface area contributed by atoms with E-state index >= 15 is 0 Å². The van der Waals surface area contributed by atoms with Crippen molar-refractivity contribution < 1.29 is 9.50 Å². The second-order valence-corrected chi connectivity index (χ2v) is 12.5. The van der Waals surface area contributed by atoms with Crippen molar-refractivity contribution in [2.75, 3.05) is 43.1 Å². The van der Waals surface area contributed by atoms with Crippen LogP contribution >= 0.6 is 0 Å². The summed E-state index contributed by atoms with van der Waals surface area (Å²) in [5, 5.41) is 17.6. The number of aromatic nitrogens is 5. The highest BCUT2D eigenvalue weighted by atomic mass is 19.1. The lowest BCUT2D eigenvalue weighted by molar-refractivity contribution is 0.0676. The number of benzene rings is 1. The largest absolute Gasteiger partial charge is 0.384 e. The Hall–Kier alpha value is -4.09. The van der Waals surface area contributed by atoms with Gasteiger partial charge in [0.05, 0.1) is 18.9 Å². The Morgan fingerprint density at radius 2 is 1.93 bits per heavy atom. The van der Waals surface area contributed by atoms with Gasteiger partial charge in [0.15, 0.2) is 11.5 Å². The molecular weight excluding hydrogens is 559 g/mol. The molecular formula is C33H41FN8O2. The van der Waals surface area contributed by atoms with Crippen molar-refractivity contribution >= 4 is 28.4 Å². The summed E-state index contributed by atoms with van der Waals surface area (Å²) in [6.07, 6.45) is 7.13. The van der Waals surface area contributed by atoms with Gasteiger partial charge in [0.25, 0.3) is 5.56 Å². The Labute approximate surface area is 256 Å². The number of nitrogens with one attached hydrogen (secondary N) is 2. The zero-order valence-electron chi connectivity index (χ0n) is 25.5. The molecule has 10 nitrogen and oxygen atoms in total. The molecule has 2 aliphatic rings. The van der Waals surface area contributed by atoms with Gasteiger partial charge in [-0.15, -0.1) is 6.58 Å². The van der Waals surface area contributed by atoms with Crippen molar-refractivity contribution in [3.8, 4) is 5.82 Å². The van der Waals surface area contributed by atoms with Crippen LogP contribution in [-0.2, 0) is 12.1 Å². The number of pyridine rings is 1. The lowest BCUT2D eigenvalue weighted by atomic mass is 9.64. The van der Waals surface area contributed by atoms with E-state index in [1.807, 2.05) is 12.1 Å². The Kier molecular flexibility index (Phi) is 8.26. The van der Waals surface area contributed by atoms with Crippen molar-refractivity contribution in [1.29, 1.82) is 0 Å². The smallest absolute Gasteiger partial charge is 0.278 e. The molecule has 6 rings (SSSR count). The summed E-state index contributed by atoms with van der Waals surface area (Å²) in [5.74, 6) is 1.14. The molecule has 232 valence electrons. The molecule has 5 heterocycles. The number of fused-ring (bicyclic) bond motifs is 1. The normalized spacial score (nSPS) is 18.5. The molecule has 0 radical (unpaired) electrons. The van der Waals surface area contributed by atoms with E-state index < -0.39 is 5.60 Å². The summed E-state index contributed by atoms with van der Waals surface area (Å²) in [4.78, 5) is 29.5. The number of anilines is 3. The molecule has 1 atom stereocenters. The number of alkyl halides is 1. The summed E-state index contributed by atoms with van der Waals surface area (Å²) >= 11 is 0. The predicted octanol–water partition coefficient (Wildman–Crippen LogP) is 4.69. The first-order chi connectivity index (χ1) is 21.2. The Morgan fingerprint density at radius 3 is 2.64 bits per heavy atom. The van der Waals surface area contributed by atoms with Crippen LogP contribution in [0.4, 0.5) is 21.7 Å². The van der Waals surface area contributed by atoms with Gasteiger partial charge < -0.3 is 20.6 Å². The van der Waals surface area contributed by atoms with Crippen LogP contribution in [0.2, 0.25) is 0 Å². The van der Waals surface area contributed by atoms with Crippen LogP contribution in [-0.4, -0.2) is 62.3 Å². The van der Waals surface area contributed by atoms with E-state index in [2.05, 4.69) is 44.2 Å². The zero-order chi connectivity index (χ0) is 30.9. The van der Waals surface area contributed by atoms with Gasteiger partial charge in [-0.2, -0.15) is 4.98 Å². The molecule has 11 heteroatoms. The third-order valence-corrected chi connectivity index (χ3v) is 9.29. The fourth-order valence-corrected chi connectivity index (χ4v) is 6.83. The average Bonchev–Trinajstić information content (AvgIpc) is 3.29. The molecule has 2 saturated heterocycles. The van der Waals surface area contributed by atoms with Crippen LogP contribution in [0.15, 0.2) is 66.1 Å². The van der Waals surface area contributed by atoms with E-state index in [0.717, 1.165) is 56.8 Å². The second-order valence-electron chi connectivity index (χ2n) is 12.5. The number of allylic oxidation sites excluding steroid dienone is 1. The van der Waals surface area contributed by atoms with Crippen LogP contribution in [0.1, 0.15) is 45.2 Å². The molecule has 1 unspecified atom stereocenters. The summed E-state index contributed by atoms with van der Waals surface area (Å²) in [6, 6.07) is 13.5. The summed E-state index contributed by atoms with van der Waals surface area (Å²) in [7, 11) is 0. The number of hydrogen-bond acceptors (Lipinski definition) is 8. The fourth-order valence-electron chi connectivity index (χ4n) is 6.83. The van der Waals surface area contributed by atoms with Crippen LogP contribution in [0.3, 0.4) is 0 Å². The van der Waals surface area contributed by atoms with Gasteiger partial charge in [0, 0.05) is 30.7 Å². The van der Waals surface area contributed by atoms with Crippen molar-refractivity contribution in [1.82, 2.24) is 29.6 Å². The van der Waals surface area contributed by atoms with Gasteiger partial charge in [-0.1, -0.05) is 12.1 Å². The molecule has 4 aromatic rings. The number of piperidine rings is 2. The molecule has 44 heavy (non-hydrogen) atoms. The Morgan fingerprint density at radius 1 is 1.16 bits per heavy atom. The summed E-state index contributed by atoms with van der Waals surface area (Å²) in [6.45, 7) is 11.0. The van der Waals surface area contributed by atoms with Crippen LogP contribution in [0.5, 0.6) is 0 Å². The van der Waals surface area contributed by atoms with Gasteiger partial charge in [-0.05, 0) is 100 Å². The minimum atomic E-state index is -1.16. The Bertz CT molecular complexity index is 1680. The van der Waals surface area contributed by atoms with Gasteiger partial charge in [0.2, 0.25) is 5.95 Å². The van der Waals surface area contributed by atoms with Crippen molar-refractivity contribution in [3.05, 3.63) is 77.4 Å².